The van der Waals surface area contributed by atoms with Crippen molar-refractivity contribution in [2.24, 2.45) is 0 Å². The van der Waals surface area contributed by atoms with Gasteiger partial charge in [0.15, 0.2) is 21.3 Å². The van der Waals surface area contributed by atoms with Crippen molar-refractivity contribution < 1.29 is 27.4 Å². The maximum atomic E-state index is 13.5. The van der Waals surface area contributed by atoms with Crippen LogP contribution in [0, 0.1) is 17.7 Å². The van der Waals surface area contributed by atoms with Gasteiger partial charge in [0, 0.05) is 41.8 Å². The van der Waals surface area contributed by atoms with Crippen LogP contribution in [0.25, 0.3) is 5.65 Å². The summed E-state index contributed by atoms with van der Waals surface area (Å²) in [6, 6.07) is 17.7. The molecule has 0 spiro atoms. The SMILES string of the molecule is COc1ccc(CS(=O)(=O)c2ccc(C(=O)NCc3ccn4ccnc4c3)cc2C#Cc2ccc(F)cc2)cc1O. The maximum Gasteiger partial charge on any atom is 0.251 e. The standard InChI is InChI=1S/C31H24FN3O5S/c1-40-28-10-5-23(16-27(28)36)20-41(38,39)29-11-7-25(18-24(29)6-2-21-3-8-26(32)9-4-21)31(37)34-19-22-12-14-35-15-13-33-30(35)17-22/h3-5,7-18,36H,19-20H2,1H3,(H,34,37). The number of pyridine rings is 1. The number of sulfone groups is 1. The summed E-state index contributed by atoms with van der Waals surface area (Å²) < 4.78 is 47.2. The molecule has 2 aromatic heterocycles. The van der Waals surface area contributed by atoms with Crippen LogP contribution in [0.2, 0.25) is 0 Å². The Bertz CT molecular complexity index is 1920. The summed E-state index contributed by atoms with van der Waals surface area (Å²) >= 11 is 0. The van der Waals surface area contributed by atoms with Crippen LogP contribution in [0.3, 0.4) is 0 Å². The molecular formula is C31H24FN3O5S. The van der Waals surface area contributed by atoms with Crippen LogP contribution in [0.1, 0.15) is 32.6 Å². The first-order valence-corrected chi connectivity index (χ1v) is 14.1. The molecule has 5 aromatic rings. The largest absolute Gasteiger partial charge is 0.504 e. The molecule has 0 saturated carbocycles. The van der Waals surface area contributed by atoms with Gasteiger partial charge in [0.05, 0.1) is 17.8 Å². The molecule has 3 aromatic carbocycles. The Labute approximate surface area is 236 Å². The number of halogens is 1. The predicted octanol–water partition coefficient (Wildman–Crippen LogP) is 4.49. The lowest BCUT2D eigenvalue weighted by atomic mass is 10.1. The molecule has 0 aliphatic rings. The van der Waals surface area contributed by atoms with Crippen molar-refractivity contribution in [3.8, 4) is 23.3 Å². The van der Waals surface area contributed by atoms with Crippen LogP contribution in [0.15, 0.2) is 96.3 Å². The van der Waals surface area contributed by atoms with E-state index in [-0.39, 0.29) is 34.1 Å². The van der Waals surface area contributed by atoms with Crippen molar-refractivity contribution in [2.75, 3.05) is 7.11 Å². The van der Waals surface area contributed by atoms with E-state index in [2.05, 4.69) is 22.1 Å². The summed E-state index contributed by atoms with van der Waals surface area (Å²) in [5.74, 6) is 4.47. The molecule has 1 amide bonds. The second-order valence-electron chi connectivity index (χ2n) is 9.14. The quantitative estimate of drug-likeness (QED) is 0.280. The van der Waals surface area contributed by atoms with E-state index in [1.54, 1.807) is 12.3 Å². The van der Waals surface area contributed by atoms with Crippen molar-refractivity contribution in [1.29, 1.82) is 0 Å². The monoisotopic (exact) mass is 569 g/mol. The number of aromatic nitrogens is 2. The summed E-state index contributed by atoms with van der Waals surface area (Å²) in [7, 11) is -2.56. The number of rotatable bonds is 7. The van der Waals surface area contributed by atoms with Gasteiger partial charge in [-0.25, -0.2) is 17.8 Å². The smallest absolute Gasteiger partial charge is 0.251 e. The van der Waals surface area contributed by atoms with E-state index < -0.39 is 27.3 Å². The summed E-state index contributed by atoms with van der Waals surface area (Å²) in [4.78, 5) is 17.2. The number of nitrogens with zero attached hydrogens (tertiary/aromatic N) is 2. The Kier molecular flexibility index (Phi) is 7.72. The normalized spacial score (nSPS) is 11.1. The number of fused-ring (bicyclic) bond motifs is 1. The fourth-order valence-electron chi connectivity index (χ4n) is 4.18. The number of aromatic hydroxyl groups is 1. The number of benzene rings is 3. The number of carbonyl (C=O) groups is 1. The van der Waals surface area contributed by atoms with E-state index in [0.717, 1.165) is 11.2 Å². The molecule has 0 atom stereocenters. The van der Waals surface area contributed by atoms with E-state index in [1.807, 2.05) is 28.9 Å². The fourth-order valence-corrected chi connectivity index (χ4v) is 5.68. The lowest BCUT2D eigenvalue weighted by Crippen LogP contribution is -2.23. The molecule has 0 aliphatic heterocycles. The highest BCUT2D eigenvalue weighted by molar-refractivity contribution is 7.90. The topological polar surface area (TPSA) is 110 Å². The molecule has 2 N–H and O–H groups in total. The van der Waals surface area contributed by atoms with Gasteiger partial charge < -0.3 is 19.6 Å². The summed E-state index contributed by atoms with van der Waals surface area (Å²) in [5.41, 5.74) is 2.73. The minimum absolute atomic E-state index is 0.0799. The highest BCUT2D eigenvalue weighted by Gasteiger charge is 2.21. The first-order valence-electron chi connectivity index (χ1n) is 12.4. The number of hydrogen-bond acceptors (Lipinski definition) is 6. The Morgan fingerprint density at radius 3 is 2.56 bits per heavy atom. The zero-order valence-electron chi connectivity index (χ0n) is 21.8. The Balaban J connectivity index is 1.45. The Hall–Kier alpha value is -5.14. The highest BCUT2D eigenvalue weighted by Crippen LogP contribution is 2.29. The predicted molar refractivity (Wildman–Crippen MR) is 151 cm³/mol. The molecule has 0 saturated heterocycles. The van der Waals surface area contributed by atoms with Gasteiger partial charge in [0.25, 0.3) is 5.91 Å². The van der Waals surface area contributed by atoms with Crippen molar-refractivity contribution in [1.82, 2.24) is 14.7 Å². The van der Waals surface area contributed by atoms with E-state index in [0.29, 0.717) is 11.1 Å². The minimum atomic E-state index is -3.96. The number of amides is 1. The summed E-state index contributed by atoms with van der Waals surface area (Å²) in [6.45, 7) is 0.236. The minimum Gasteiger partial charge on any atom is -0.504 e. The van der Waals surface area contributed by atoms with Crippen LogP contribution in [-0.4, -0.2) is 35.9 Å². The highest BCUT2D eigenvalue weighted by atomic mass is 32.2. The van der Waals surface area contributed by atoms with Crippen molar-refractivity contribution in [3.05, 3.63) is 125 Å². The van der Waals surface area contributed by atoms with E-state index in [1.165, 1.54) is 61.7 Å². The molecule has 5 rings (SSSR count). The van der Waals surface area contributed by atoms with Crippen LogP contribution >= 0.6 is 0 Å². The Morgan fingerprint density at radius 1 is 1.00 bits per heavy atom. The van der Waals surface area contributed by atoms with E-state index in [4.69, 9.17) is 4.74 Å². The molecule has 41 heavy (non-hydrogen) atoms. The van der Waals surface area contributed by atoms with Gasteiger partial charge in [-0.1, -0.05) is 17.9 Å². The van der Waals surface area contributed by atoms with Crippen molar-refractivity contribution >= 4 is 21.4 Å². The maximum absolute atomic E-state index is 13.5. The average molecular weight is 570 g/mol. The Morgan fingerprint density at radius 2 is 1.80 bits per heavy atom. The third-order valence-electron chi connectivity index (χ3n) is 6.28. The third-order valence-corrected chi connectivity index (χ3v) is 8.02. The molecule has 10 heteroatoms. The van der Waals surface area contributed by atoms with Crippen molar-refractivity contribution in [3.63, 3.8) is 0 Å². The lowest BCUT2D eigenvalue weighted by molar-refractivity contribution is 0.0950. The number of carbonyl (C=O) groups excluding carboxylic acids is 1. The van der Waals surface area contributed by atoms with E-state index in [9.17, 15) is 22.7 Å². The first-order chi connectivity index (χ1) is 19.7. The average Bonchev–Trinajstić information content (AvgIpc) is 3.43. The van der Waals surface area contributed by atoms with Gasteiger partial charge in [-0.3, -0.25) is 4.79 Å². The molecule has 0 unspecified atom stereocenters. The number of methoxy groups -OCH3 is 1. The molecule has 0 bridgehead atoms. The van der Waals surface area contributed by atoms with Gasteiger partial charge in [0.1, 0.15) is 11.5 Å². The molecule has 2 heterocycles. The van der Waals surface area contributed by atoms with Crippen LogP contribution in [0.5, 0.6) is 11.5 Å². The van der Waals surface area contributed by atoms with Gasteiger partial charge in [-0.05, 0) is 77.9 Å². The molecule has 0 radical (unpaired) electrons. The van der Waals surface area contributed by atoms with Gasteiger partial charge >= 0.3 is 0 Å². The summed E-state index contributed by atoms with van der Waals surface area (Å²) in [6.07, 6.45) is 5.34. The molecule has 0 fully saturated rings. The molecule has 206 valence electrons. The van der Waals surface area contributed by atoms with Crippen LogP contribution in [-0.2, 0) is 22.1 Å². The zero-order valence-corrected chi connectivity index (χ0v) is 22.7. The number of ether oxygens (including phenoxy) is 1. The number of hydrogen-bond donors (Lipinski definition) is 2. The molecule has 0 aliphatic carbocycles. The number of phenolic OH excluding ortho intramolecular Hbond substituents is 1. The summed E-state index contributed by atoms with van der Waals surface area (Å²) in [5, 5.41) is 12.9. The number of nitrogens with one attached hydrogen (secondary N) is 1. The molecular weight excluding hydrogens is 545 g/mol. The van der Waals surface area contributed by atoms with Gasteiger partial charge in [-0.15, -0.1) is 0 Å². The second kappa shape index (κ2) is 11.5. The van der Waals surface area contributed by atoms with Gasteiger partial charge in [0.2, 0.25) is 0 Å². The third kappa shape index (κ3) is 6.37. The van der Waals surface area contributed by atoms with Crippen LogP contribution < -0.4 is 10.1 Å². The second-order valence-corrected chi connectivity index (χ2v) is 11.1. The lowest BCUT2D eigenvalue weighted by Gasteiger charge is -2.11. The number of phenols is 1. The van der Waals surface area contributed by atoms with E-state index >= 15 is 0 Å². The van der Waals surface area contributed by atoms with Crippen molar-refractivity contribution in [2.45, 2.75) is 17.2 Å². The van der Waals surface area contributed by atoms with Gasteiger partial charge in [-0.2, -0.15) is 0 Å². The van der Waals surface area contributed by atoms with Crippen LogP contribution in [0.4, 0.5) is 4.39 Å². The zero-order chi connectivity index (χ0) is 29.0. The first kappa shape index (κ1) is 27.4. The fraction of sp³-hybridized carbons (Fsp3) is 0.0968. The molecule has 8 nitrogen and oxygen atoms in total. The number of imidazole rings is 1.